The molecule has 0 bridgehead atoms. The molecule has 5 rings (SSSR count). The molecule has 1 atom stereocenters. The van der Waals surface area contributed by atoms with Gasteiger partial charge in [0.15, 0.2) is 5.43 Å². The molecule has 0 radical (unpaired) electrons. The zero-order chi connectivity index (χ0) is 22.5. The Kier molecular flexibility index (Phi) is 6.57. The first kappa shape index (κ1) is 21.5. The fraction of sp³-hybridized carbons (Fsp3) is 0.300. The zero-order valence-electron chi connectivity index (χ0n) is 18.9. The van der Waals surface area contributed by atoms with E-state index in [1.54, 1.807) is 6.07 Å². The maximum Gasteiger partial charge on any atom is 0.193 e. The van der Waals surface area contributed by atoms with Gasteiger partial charge in [-0.15, -0.1) is 0 Å². The third-order valence-electron chi connectivity index (χ3n) is 6.70. The Hall–Kier alpha value is -3.33. The molecule has 1 unspecified atom stereocenters. The molecule has 1 aliphatic rings. The summed E-state index contributed by atoms with van der Waals surface area (Å²) in [5.41, 5.74) is 3.15. The lowest BCUT2D eigenvalue weighted by atomic mass is 10.0. The maximum atomic E-state index is 12.9. The number of hydrogen-bond donors (Lipinski definition) is 0. The van der Waals surface area contributed by atoms with E-state index in [2.05, 4.69) is 36.4 Å². The van der Waals surface area contributed by atoms with E-state index in [-0.39, 0.29) is 11.5 Å². The lowest BCUT2D eigenvalue weighted by Gasteiger charge is -2.20. The van der Waals surface area contributed by atoms with E-state index >= 15 is 0 Å². The van der Waals surface area contributed by atoms with Gasteiger partial charge in [-0.05, 0) is 61.4 Å². The molecule has 1 aromatic heterocycles. The maximum absolute atomic E-state index is 12.9. The van der Waals surface area contributed by atoms with E-state index < -0.39 is 0 Å². The predicted octanol–water partition coefficient (Wildman–Crippen LogP) is 7.59. The molecule has 4 aromatic rings. The van der Waals surface area contributed by atoms with Crippen molar-refractivity contribution in [3.05, 3.63) is 112 Å². The Morgan fingerprint density at radius 1 is 0.879 bits per heavy atom. The van der Waals surface area contributed by atoms with Crippen LogP contribution in [0.5, 0.6) is 5.75 Å². The van der Waals surface area contributed by atoms with Gasteiger partial charge in [0.05, 0.1) is 5.39 Å². The first-order valence-electron chi connectivity index (χ1n) is 12.1. The van der Waals surface area contributed by atoms with Crippen LogP contribution in [0.25, 0.3) is 11.0 Å². The van der Waals surface area contributed by atoms with Crippen molar-refractivity contribution in [2.24, 2.45) is 0 Å². The molecule has 0 spiro atoms. The van der Waals surface area contributed by atoms with Gasteiger partial charge in [0, 0.05) is 12.0 Å². The first-order chi connectivity index (χ1) is 16.3. The molecule has 3 nitrogen and oxygen atoms in total. The van der Waals surface area contributed by atoms with Crippen LogP contribution in [-0.2, 0) is 6.42 Å². The Morgan fingerprint density at radius 3 is 2.36 bits per heavy atom. The van der Waals surface area contributed by atoms with Crippen LogP contribution >= 0.6 is 0 Å². The minimum atomic E-state index is -0.0721. The summed E-state index contributed by atoms with van der Waals surface area (Å²) in [6.45, 7) is 0. The topological polar surface area (TPSA) is 39.4 Å². The largest absolute Gasteiger partial charge is 0.486 e. The van der Waals surface area contributed by atoms with Crippen LogP contribution in [0.15, 0.2) is 94.1 Å². The van der Waals surface area contributed by atoms with Crippen molar-refractivity contribution >= 4 is 11.0 Å². The van der Waals surface area contributed by atoms with Crippen LogP contribution in [0, 0.1) is 0 Å². The van der Waals surface area contributed by atoms with Crippen molar-refractivity contribution in [3.63, 3.8) is 0 Å². The van der Waals surface area contributed by atoms with E-state index in [1.807, 2.05) is 42.5 Å². The van der Waals surface area contributed by atoms with Crippen molar-refractivity contribution in [3.8, 4) is 5.75 Å². The third-order valence-corrected chi connectivity index (χ3v) is 6.70. The highest BCUT2D eigenvalue weighted by molar-refractivity contribution is 5.78. The van der Waals surface area contributed by atoms with E-state index in [1.165, 1.54) is 18.4 Å². The van der Waals surface area contributed by atoms with Crippen LogP contribution < -0.4 is 10.2 Å². The SMILES string of the molecule is O=c1cc(C2CCCC2)oc2ccc(OC(CCCc3ccccc3)c3ccccc3)cc12. The van der Waals surface area contributed by atoms with Gasteiger partial charge in [0.2, 0.25) is 0 Å². The van der Waals surface area contributed by atoms with Crippen LogP contribution in [0.4, 0.5) is 0 Å². The van der Waals surface area contributed by atoms with Crippen LogP contribution in [-0.4, -0.2) is 0 Å². The summed E-state index contributed by atoms with van der Waals surface area (Å²) in [4.78, 5) is 12.9. The van der Waals surface area contributed by atoms with Gasteiger partial charge >= 0.3 is 0 Å². The van der Waals surface area contributed by atoms with Gasteiger partial charge in [-0.2, -0.15) is 0 Å². The summed E-state index contributed by atoms with van der Waals surface area (Å²) < 4.78 is 12.6. The second-order valence-electron chi connectivity index (χ2n) is 9.05. The first-order valence-corrected chi connectivity index (χ1v) is 12.1. The van der Waals surface area contributed by atoms with Crippen molar-refractivity contribution in [2.45, 2.75) is 57.0 Å². The molecule has 0 saturated heterocycles. The van der Waals surface area contributed by atoms with Crippen LogP contribution in [0.3, 0.4) is 0 Å². The standard InChI is InChI=1S/C30H30O3/c31-27-21-30(24-15-7-8-16-24)33-29-19-18-25(20-26(27)29)32-28(23-13-5-2-6-14-23)17-9-12-22-10-3-1-4-11-22/h1-6,10-11,13-14,18-21,24,28H,7-9,12,15-17H2. The minimum absolute atomic E-state index is 0.0175. The number of aryl methyl sites for hydroxylation is 1. The molecule has 0 aliphatic heterocycles. The molecule has 3 heteroatoms. The second kappa shape index (κ2) is 10.1. The van der Waals surface area contributed by atoms with E-state index in [4.69, 9.17) is 9.15 Å². The lowest BCUT2D eigenvalue weighted by Crippen LogP contribution is -2.09. The number of rotatable bonds is 8. The van der Waals surface area contributed by atoms with E-state index in [9.17, 15) is 4.79 Å². The highest BCUT2D eigenvalue weighted by Gasteiger charge is 2.21. The van der Waals surface area contributed by atoms with Gasteiger partial charge in [0.1, 0.15) is 23.2 Å². The molecular formula is C30H30O3. The summed E-state index contributed by atoms with van der Waals surface area (Å²) in [7, 11) is 0. The van der Waals surface area contributed by atoms with Gasteiger partial charge in [-0.1, -0.05) is 73.5 Å². The number of fused-ring (bicyclic) bond motifs is 1. The van der Waals surface area contributed by atoms with E-state index in [0.29, 0.717) is 22.6 Å². The Labute approximate surface area is 195 Å². The molecule has 3 aromatic carbocycles. The number of ether oxygens (including phenoxy) is 1. The van der Waals surface area contributed by atoms with E-state index in [0.717, 1.165) is 43.4 Å². The summed E-state index contributed by atoms with van der Waals surface area (Å²) >= 11 is 0. The average Bonchev–Trinajstić information content (AvgIpc) is 3.40. The smallest absolute Gasteiger partial charge is 0.193 e. The highest BCUT2D eigenvalue weighted by Crippen LogP contribution is 2.35. The zero-order valence-corrected chi connectivity index (χ0v) is 18.9. The monoisotopic (exact) mass is 438 g/mol. The van der Waals surface area contributed by atoms with Crippen molar-refractivity contribution < 1.29 is 9.15 Å². The fourth-order valence-electron chi connectivity index (χ4n) is 4.90. The summed E-state index contributed by atoms with van der Waals surface area (Å²) in [6.07, 6.45) is 7.50. The average molecular weight is 439 g/mol. The molecule has 1 aliphatic carbocycles. The van der Waals surface area contributed by atoms with Gasteiger partial charge in [-0.3, -0.25) is 4.79 Å². The third kappa shape index (κ3) is 5.19. The lowest BCUT2D eigenvalue weighted by molar-refractivity contribution is 0.192. The predicted molar refractivity (Wildman–Crippen MR) is 133 cm³/mol. The van der Waals surface area contributed by atoms with Gasteiger partial charge in [-0.25, -0.2) is 0 Å². The Balaban J connectivity index is 1.36. The molecule has 1 fully saturated rings. The number of benzene rings is 3. The van der Waals surface area contributed by atoms with Gasteiger partial charge < -0.3 is 9.15 Å². The fourth-order valence-corrected chi connectivity index (χ4v) is 4.90. The molecule has 1 heterocycles. The summed E-state index contributed by atoms with van der Waals surface area (Å²) in [5.74, 6) is 1.92. The van der Waals surface area contributed by atoms with Crippen molar-refractivity contribution in [1.82, 2.24) is 0 Å². The summed E-state index contributed by atoms with van der Waals surface area (Å²) in [6, 6.07) is 28.2. The molecule has 1 saturated carbocycles. The molecule has 0 amide bonds. The normalized spacial score (nSPS) is 15.0. The summed E-state index contributed by atoms with van der Waals surface area (Å²) in [5, 5.41) is 0.588. The molecule has 33 heavy (non-hydrogen) atoms. The number of hydrogen-bond acceptors (Lipinski definition) is 3. The highest BCUT2D eigenvalue weighted by atomic mass is 16.5. The van der Waals surface area contributed by atoms with Crippen molar-refractivity contribution in [2.75, 3.05) is 0 Å². The molecule has 0 N–H and O–H groups in total. The van der Waals surface area contributed by atoms with Gasteiger partial charge in [0.25, 0.3) is 0 Å². The second-order valence-corrected chi connectivity index (χ2v) is 9.05. The molecular weight excluding hydrogens is 408 g/mol. The minimum Gasteiger partial charge on any atom is -0.486 e. The quantitative estimate of drug-likeness (QED) is 0.284. The molecule has 168 valence electrons. The Morgan fingerprint density at radius 2 is 1.61 bits per heavy atom. The Bertz CT molecular complexity index is 1240. The van der Waals surface area contributed by atoms with Crippen molar-refractivity contribution in [1.29, 1.82) is 0 Å². The van der Waals surface area contributed by atoms with Crippen LogP contribution in [0.1, 0.15) is 67.4 Å². The van der Waals surface area contributed by atoms with Crippen LogP contribution in [0.2, 0.25) is 0 Å².